The summed E-state index contributed by atoms with van der Waals surface area (Å²) < 4.78 is 0. The van der Waals surface area contributed by atoms with E-state index in [1.54, 1.807) is 18.3 Å². The van der Waals surface area contributed by atoms with Crippen molar-refractivity contribution in [3.05, 3.63) is 66.2 Å². The Morgan fingerprint density at radius 1 is 0.800 bits per heavy atom. The largest absolute Gasteiger partial charge is 0.504 e. The molecule has 0 saturated carbocycles. The maximum absolute atomic E-state index is 9.75. The molecule has 0 aliphatic carbocycles. The fourth-order valence-electron chi connectivity index (χ4n) is 2.11. The van der Waals surface area contributed by atoms with Gasteiger partial charge in [0.1, 0.15) is 0 Å². The summed E-state index contributed by atoms with van der Waals surface area (Å²) in [5, 5.41) is 21.4. The van der Waals surface area contributed by atoms with Crippen LogP contribution in [0, 0.1) is 0 Å². The van der Waals surface area contributed by atoms with Gasteiger partial charge in [-0.3, -0.25) is 4.99 Å². The minimum atomic E-state index is -0.156. The van der Waals surface area contributed by atoms with Gasteiger partial charge in [-0.15, -0.1) is 0 Å². The number of phenols is 2. The number of nitrogens with zero attached hydrogens (tertiary/aromatic N) is 1. The molecule has 0 bridgehead atoms. The summed E-state index contributed by atoms with van der Waals surface area (Å²) in [5.41, 5.74) is 1.31. The molecule has 0 amide bonds. The van der Waals surface area contributed by atoms with Crippen molar-refractivity contribution < 1.29 is 10.2 Å². The molecule has 0 fully saturated rings. The van der Waals surface area contributed by atoms with Crippen molar-refractivity contribution in [3.63, 3.8) is 0 Å². The van der Waals surface area contributed by atoms with E-state index in [1.165, 1.54) is 6.07 Å². The molecule has 0 spiro atoms. The molecule has 3 aromatic carbocycles. The Bertz CT molecular complexity index is 789. The van der Waals surface area contributed by atoms with Crippen LogP contribution in [0.1, 0.15) is 5.56 Å². The number of para-hydroxylation sites is 1. The highest BCUT2D eigenvalue weighted by Gasteiger charge is 2.03. The molecular formula is C17H13NO2. The van der Waals surface area contributed by atoms with Crippen molar-refractivity contribution in [1.82, 2.24) is 0 Å². The van der Waals surface area contributed by atoms with E-state index < -0.39 is 0 Å². The van der Waals surface area contributed by atoms with Crippen LogP contribution in [0.4, 0.5) is 5.69 Å². The Balaban J connectivity index is 2.05. The Morgan fingerprint density at radius 2 is 1.55 bits per heavy atom. The van der Waals surface area contributed by atoms with E-state index >= 15 is 0 Å². The third kappa shape index (κ3) is 2.21. The van der Waals surface area contributed by atoms with Gasteiger partial charge in [-0.05, 0) is 23.6 Å². The molecule has 98 valence electrons. The van der Waals surface area contributed by atoms with E-state index in [-0.39, 0.29) is 11.5 Å². The molecule has 0 saturated heterocycles. The summed E-state index contributed by atoms with van der Waals surface area (Å²) in [6.45, 7) is 0. The second-order valence-electron chi connectivity index (χ2n) is 4.47. The summed E-state index contributed by atoms with van der Waals surface area (Å²) in [7, 11) is 0. The lowest BCUT2D eigenvalue weighted by atomic mass is 10.1. The van der Waals surface area contributed by atoms with Gasteiger partial charge in [0, 0.05) is 17.2 Å². The molecular weight excluding hydrogens is 250 g/mol. The molecule has 0 aliphatic rings. The number of phenolic OH excluding ortho intramolecular Hbond substituents is 2. The highest BCUT2D eigenvalue weighted by molar-refractivity contribution is 5.95. The lowest BCUT2D eigenvalue weighted by Crippen LogP contribution is -1.82. The van der Waals surface area contributed by atoms with Gasteiger partial charge in [0.15, 0.2) is 11.5 Å². The number of hydrogen-bond acceptors (Lipinski definition) is 3. The molecule has 0 radical (unpaired) electrons. The molecule has 0 aromatic heterocycles. The first-order chi connectivity index (χ1) is 9.75. The summed E-state index contributed by atoms with van der Waals surface area (Å²) in [6.07, 6.45) is 1.55. The van der Waals surface area contributed by atoms with Gasteiger partial charge >= 0.3 is 0 Å². The van der Waals surface area contributed by atoms with Crippen molar-refractivity contribution in [1.29, 1.82) is 0 Å². The summed E-state index contributed by atoms with van der Waals surface area (Å²) in [6, 6.07) is 18.7. The average Bonchev–Trinajstić information content (AvgIpc) is 2.49. The summed E-state index contributed by atoms with van der Waals surface area (Å²) in [5.74, 6) is -0.302. The Labute approximate surface area is 116 Å². The van der Waals surface area contributed by atoms with E-state index in [4.69, 9.17) is 0 Å². The van der Waals surface area contributed by atoms with E-state index in [1.807, 2.05) is 42.5 Å². The van der Waals surface area contributed by atoms with E-state index in [0.717, 1.165) is 16.5 Å². The van der Waals surface area contributed by atoms with Crippen LogP contribution in [-0.4, -0.2) is 16.4 Å². The van der Waals surface area contributed by atoms with Crippen molar-refractivity contribution in [2.75, 3.05) is 0 Å². The molecule has 3 aromatic rings. The number of aliphatic imine (C=N–C) groups is 1. The molecule has 0 unspecified atom stereocenters. The lowest BCUT2D eigenvalue weighted by molar-refractivity contribution is 0.403. The normalized spacial score (nSPS) is 11.2. The predicted octanol–water partition coefficient (Wildman–Crippen LogP) is 4.00. The first kappa shape index (κ1) is 12.2. The summed E-state index contributed by atoms with van der Waals surface area (Å²) >= 11 is 0. The standard InChI is InChI=1S/C17H13NO2/c19-16-10-4-7-13(17(16)20)11-18-15-9-3-6-12-5-1-2-8-14(12)15/h1-11,19-20H/b18-11+. The highest BCUT2D eigenvalue weighted by atomic mass is 16.3. The van der Waals surface area contributed by atoms with Gasteiger partial charge in [-0.1, -0.05) is 42.5 Å². The minimum Gasteiger partial charge on any atom is -0.504 e. The molecule has 0 aliphatic heterocycles. The van der Waals surface area contributed by atoms with Gasteiger partial charge in [0.2, 0.25) is 0 Å². The van der Waals surface area contributed by atoms with Gasteiger partial charge < -0.3 is 10.2 Å². The third-order valence-corrected chi connectivity index (χ3v) is 3.16. The van der Waals surface area contributed by atoms with Crippen LogP contribution in [0.2, 0.25) is 0 Å². The molecule has 2 N–H and O–H groups in total. The highest BCUT2D eigenvalue weighted by Crippen LogP contribution is 2.29. The zero-order chi connectivity index (χ0) is 13.9. The van der Waals surface area contributed by atoms with Crippen LogP contribution in [0.3, 0.4) is 0 Å². The Morgan fingerprint density at radius 3 is 2.45 bits per heavy atom. The van der Waals surface area contributed by atoms with Crippen LogP contribution in [-0.2, 0) is 0 Å². The molecule has 3 nitrogen and oxygen atoms in total. The van der Waals surface area contributed by atoms with Crippen molar-refractivity contribution >= 4 is 22.7 Å². The Hall–Kier alpha value is -2.81. The van der Waals surface area contributed by atoms with Crippen molar-refractivity contribution in [2.24, 2.45) is 4.99 Å². The van der Waals surface area contributed by atoms with Crippen LogP contribution >= 0.6 is 0 Å². The molecule has 3 heteroatoms. The fourth-order valence-corrected chi connectivity index (χ4v) is 2.11. The second kappa shape index (κ2) is 5.05. The zero-order valence-corrected chi connectivity index (χ0v) is 10.7. The zero-order valence-electron chi connectivity index (χ0n) is 10.7. The number of fused-ring (bicyclic) bond motifs is 1. The average molecular weight is 263 g/mol. The minimum absolute atomic E-state index is 0.146. The van der Waals surface area contributed by atoms with Gasteiger partial charge in [-0.25, -0.2) is 0 Å². The van der Waals surface area contributed by atoms with Crippen LogP contribution in [0.5, 0.6) is 11.5 Å². The third-order valence-electron chi connectivity index (χ3n) is 3.16. The first-order valence-electron chi connectivity index (χ1n) is 6.28. The Kier molecular flexibility index (Phi) is 3.09. The SMILES string of the molecule is Oc1cccc(/C=N/c2cccc3ccccc23)c1O. The monoisotopic (exact) mass is 263 g/mol. The topological polar surface area (TPSA) is 52.8 Å². The van der Waals surface area contributed by atoms with Gasteiger partial charge in [0.05, 0.1) is 5.69 Å². The maximum Gasteiger partial charge on any atom is 0.166 e. The molecule has 3 rings (SSSR count). The summed E-state index contributed by atoms with van der Waals surface area (Å²) in [4.78, 5) is 4.41. The number of rotatable bonds is 2. The smallest absolute Gasteiger partial charge is 0.166 e. The van der Waals surface area contributed by atoms with E-state index in [9.17, 15) is 10.2 Å². The molecule has 0 atom stereocenters. The van der Waals surface area contributed by atoms with Crippen molar-refractivity contribution in [2.45, 2.75) is 0 Å². The predicted molar refractivity (Wildman–Crippen MR) is 81.0 cm³/mol. The molecule has 20 heavy (non-hydrogen) atoms. The van der Waals surface area contributed by atoms with Crippen molar-refractivity contribution in [3.8, 4) is 11.5 Å². The second-order valence-corrected chi connectivity index (χ2v) is 4.47. The maximum atomic E-state index is 9.75. The lowest BCUT2D eigenvalue weighted by Gasteiger charge is -2.03. The van der Waals surface area contributed by atoms with Crippen LogP contribution in [0.25, 0.3) is 10.8 Å². The molecule has 0 heterocycles. The van der Waals surface area contributed by atoms with Gasteiger partial charge in [-0.2, -0.15) is 0 Å². The van der Waals surface area contributed by atoms with Crippen LogP contribution < -0.4 is 0 Å². The van der Waals surface area contributed by atoms with Crippen LogP contribution in [0.15, 0.2) is 65.7 Å². The van der Waals surface area contributed by atoms with E-state index in [0.29, 0.717) is 5.56 Å². The number of benzene rings is 3. The first-order valence-corrected chi connectivity index (χ1v) is 6.28. The van der Waals surface area contributed by atoms with E-state index in [2.05, 4.69) is 4.99 Å². The van der Waals surface area contributed by atoms with Gasteiger partial charge in [0.25, 0.3) is 0 Å². The quantitative estimate of drug-likeness (QED) is 0.542. The number of hydrogen-bond donors (Lipinski definition) is 2. The fraction of sp³-hybridized carbons (Fsp3) is 0. The number of aromatic hydroxyl groups is 2.